The Bertz CT molecular complexity index is 756. The molecule has 1 N–H and O–H groups in total. The predicted octanol–water partition coefficient (Wildman–Crippen LogP) is 2.73. The molecule has 3 rings (SSSR count). The van der Waals surface area contributed by atoms with Crippen molar-refractivity contribution in [1.82, 2.24) is 15.2 Å². The number of nitrogens with zero attached hydrogens (tertiary/aromatic N) is 2. The summed E-state index contributed by atoms with van der Waals surface area (Å²) in [6, 6.07) is 9.69. The molecule has 1 amide bonds. The molecule has 1 aliphatic heterocycles. The number of amides is 1. The first-order valence-corrected chi connectivity index (χ1v) is 8.79. The van der Waals surface area contributed by atoms with E-state index < -0.39 is 0 Å². The second-order valence-electron chi connectivity index (χ2n) is 7.04. The number of halogens is 1. The number of hydrogen-bond donors (Lipinski definition) is 1. The van der Waals surface area contributed by atoms with Crippen LogP contribution in [0.3, 0.4) is 0 Å². The number of nitrogens with one attached hydrogen (secondary N) is 1. The van der Waals surface area contributed by atoms with Crippen LogP contribution in [0.2, 0.25) is 0 Å². The zero-order chi connectivity index (χ0) is 18.6. The minimum absolute atomic E-state index is 0.144. The topological polar surface area (TPSA) is 54.5 Å². The third-order valence-electron chi connectivity index (χ3n) is 4.69. The summed E-state index contributed by atoms with van der Waals surface area (Å²) < 4.78 is 18.7. The Morgan fingerprint density at radius 1 is 1.27 bits per heavy atom. The highest BCUT2D eigenvalue weighted by Gasteiger charge is 2.28. The number of ether oxygens (including phenoxy) is 1. The van der Waals surface area contributed by atoms with Crippen LogP contribution in [0.25, 0.3) is 11.3 Å². The second kappa shape index (κ2) is 7.93. The van der Waals surface area contributed by atoms with Crippen molar-refractivity contribution < 1.29 is 13.9 Å². The monoisotopic (exact) mass is 357 g/mol. The molecular weight excluding hydrogens is 333 g/mol. The fourth-order valence-electron chi connectivity index (χ4n) is 3.03. The molecule has 138 valence electrons. The smallest absolute Gasteiger partial charge is 0.252 e. The quantitative estimate of drug-likeness (QED) is 0.894. The minimum atomic E-state index is -0.309. The average molecular weight is 357 g/mol. The Labute approximate surface area is 153 Å². The van der Waals surface area contributed by atoms with E-state index in [1.54, 1.807) is 24.3 Å². The summed E-state index contributed by atoms with van der Waals surface area (Å²) in [5, 5.41) is 2.98. The van der Waals surface area contributed by atoms with E-state index in [1.807, 2.05) is 0 Å². The third-order valence-corrected chi connectivity index (χ3v) is 4.69. The van der Waals surface area contributed by atoms with Crippen molar-refractivity contribution >= 4 is 5.91 Å². The van der Waals surface area contributed by atoms with E-state index in [4.69, 9.17) is 4.74 Å². The van der Waals surface area contributed by atoms with Gasteiger partial charge in [-0.15, -0.1) is 0 Å². The fourth-order valence-corrected chi connectivity index (χ4v) is 3.03. The van der Waals surface area contributed by atoms with Crippen molar-refractivity contribution in [1.29, 1.82) is 0 Å². The molecular formula is C20H24FN3O2. The second-order valence-corrected chi connectivity index (χ2v) is 7.04. The number of benzene rings is 1. The van der Waals surface area contributed by atoms with Gasteiger partial charge in [0.2, 0.25) is 0 Å². The van der Waals surface area contributed by atoms with Gasteiger partial charge >= 0.3 is 0 Å². The number of rotatable bonds is 5. The van der Waals surface area contributed by atoms with E-state index in [-0.39, 0.29) is 17.3 Å². The minimum Gasteiger partial charge on any atom is -0.379 e. The van der Waals surface area contributed by atoms with Crippen molar-refractivity contribution in [2.45, 2.75) is 19.4 Å². The summed E-state index contributed by atoms with van der Waals surface area (Å²) in [4.78, 5) is 19.0. The molecule has 6 heteroatoms. The number of pyridine rings is 1. The van der Waals surface area contributed by atoms with Gasteiger partial charge in [0.25, 0.3) is 5.91 Å². The summed E-state index contributed by atoms with van der Waals surface area (Å²) in [5.74, 6) is -0.471. The number of morpholine rings is 1. The van der Waals surface area contributed by atoms with Crippen molar-refractivity contribution in [3.05, 3.63) is 54.0 Å². The molecule has 5 nitrogen and oxygen atoms in total. The lowest BCUT2D eigenvalue weighted by Gasteiger charge is -2.40. The molecule has 0 atom stereocenters. The Hall–Kier alpha value is -2.31. The van der Waals surface area contributed by atoms with Gasteiger partial charge in [-0.25, -0.2) is 4.39 Å². The van der Waals surface area contributed by atoms with Crippen LogP contribution in [0.5, 0.6) is 0 Å². The summed E-state index contributed by atoms with van der Waals surface area (Å²) in [6.07, 6.45) is 1.53. The van der Waals surface area contributed by atoms with E-state index in [1.165, 1.54) is 18.3 Å². The van der Waals surface area contributed by atoms with Gasteiger partial charge < -0.3 is 10.1 Å². The fraction of sp³-hybridized carbons (Fsp3) is 0.400. The molecule has 0 aliphatic carbocycles. The Kier molecular flexibility index (Phi) is 5.64. The van der Waals surface area contributed by atoms with Gasteiger partial charge in [0.15, 0.2) is 0 Å². The van der Waals surface area contributed by atoms with Crippen LogP contribution in [0, 0.1) is 5.82 Å². The molecule has 1 fully saturated rings. The van der Waals surface area contributed by atoms with E-state index in [0.29, 0.717) is 23.4 Å². The lowest BCUT2D eigenvalue weighted by Crippen LogP contribution is -2.55. The maximum Gasteiger partial charge on any atom is 0.252 e. The van der Waals surface area contributed by atoms with Crippen LogP contribution in [-0.2, 0) is 4.74 Å². The van der Waals surface area contributed by atoms with Crippen molar-refractivity contribution in [2.24, 2.45) is 0 Å². The van der Waals surface area contributed by atoms with Gasteiger partial charge in [0.1, 0.15) is 5.82 Å². The van der Waals surface area contributed by atoms with Crippen LogP contribution in [-0.4, -0.2) is 54.2 Å². The van der Waals surface area contributed by atoms with Crippen LogP contribution < -0.4 is 5.32 Å². The molecule has 0 unspecified atom stereocenters. The number of carbonyl (C=O) groups excluding carboxylic acids is 1. The molecule has 2 heterocycles. The summed E-state index contributed by atoms with van der Waals surface area (Å²) in [5.41, 5.74) is 1.66. The Morgan fingerprint density at radius 2 is 2.04 bits per heavy atom. The van der Waals surface area contributed by atoms with E-state index in [9.17, 15) is 9.18 Å². The maximum atomic E-state index is 13.3. The highest BCUT2D eigenvalue weighted by atomic mass is 19.1. The lowest BCUT2D eigenvalue weighted by atomic mass is 10.0. The zero-order valence-corrected chi connectivity index (χ0v) is 15.2. The molecule has 0 radical (unpaired) electrons. The molecule has 1 saturated heterocycles. The van der Waals surface area contributed by atoms with Gasteiger partial charge in [0, 0.05) is 36.9 Å². The van der Waals surface area contributed by atoms with E-state index >= 15 is 0 Å². The maximum absolute atomic E-state index is 13.3. The van der Waals surface area contributed by atoms with E-state index in [2.05, 4.69) is 29.0 Å². The van der Waals surface area contributed by atoms with Crippen molar-refractivity contribution in [3.8, 4) is 11.3 Å². The summed E-state index contributed by atoms with van der Waals surface area (Å²) in [6.45, 7) is 7.95. The van der Waals surface area contributed by atoms with Gasteiger partial charge in [0.05, 0.1) is 24.5 Å². The SMILES string of the molecule is CC(C)(CNC(=O)c1ccc(-c2cccc(F)c2)nc1)N1CCOCC1. The molecule has 0 bridgehead atoms. The normalized spacial score (nSPS) is 15.7. The first-order chi connectivity index (χ1) is 12.5. The van der Waals surface area contributed by atoms with Gasteiger partial charge in [-0.1, -0.05) is 12.1 Å². The predicted molar refractivity (Wildman–Crippen MR) is 98.4 cm³/mol. The first-order valence-electron chi connectivity index (χ1n) is 8.79. The lowest BCUT2D eigenvalue weighted by molar-refractivity contribution is -0.00923. The molecule has 1 aliphatic rings. The van der Waals surface area contributed by atoms with Crippen molar-refractivity contribution in [2.75, 3.05) is 32.8 Å². The molecule has 26 heavy (non-hydrogen) atoms. The Morgan fingerprint density at radius 3 is 2.69 bits per heavy atom. The zero-order valence-electron chi connectivity index (χ0n) is 15.2. The van der Waals surface area contributed by atoms with Crippen LogP contribution >= 0.6 is 0 Å². The molecule has 1 aromatic carbocycles. The largest absolute Gasteiger partial charge is 0.379 e. The standard InChI is InChI=1S/C20H24FN3O2/c1-20(2,24-8-10-26-11-9-24)14-23-19(25)16-6-7-18(22-13-16)15-4-3-5-17(21)12-15/h3-7,12-13H,8-11,14H2,1-2H3,(H,23,25). The molecule has 1 aromatic heterocycles. The Balaban J connectivity index is 1.61. The average Bonchev–Trinajstić information content (AvgIpc) is 2.67. The summed E-state index contributed by atoms with van der Waals surface area (Å²) >= 11 is 0. The third kappa shape index (κ3) is 4.45. The number of carbonyl (C=O) groups is 1. The molecule has 0 saturated carbocycles. The summed E-state index contributed by atoms with van der Waals surface area (Å²) in [7, 11) is 0. The van der Waals surface area contributed by atoms with Crippen molar-refractivity contribution in [3.63, 3.8) is 0 Å². The molecule has 0 spiro atoms. The number of hydrogen-bond acceptors (Lipinski definition) is 4. The van der Waals surface area contributed by atoms with Gasteiger partial charge in [-0.2, -0.15) is 0 Å². The van der Waals surface area contributed by atoms with Gasteiger partial charge in [-0.3, -0.25) is 14.7 Å². The number of aromatic nitrogens is 1. The van der Waals surface area contributed by atoms with Crippen LogP contribution in [0.1, 0.15) is 24.2 Å². The highest BCUT2D eigenvalue weighted by molar-refractivity contribution is 5.94. The van der Waals surface area contributed by atoms with Crippen LogP contribution in [0.15, 0.2) is 42.6 Å². The van der Waals surface area contributed by atoms with E-state index in [0.717, 1.165) is 26.3 Å². The highest BCUT2D eigenvalue weighted by Crippen LogP contribution is 2.18. The van der Waals surface area contributed by atoms with Gasteiger partial charge in [-0.05, 0) is 38.1 Å². The molecule has 2 aromatic rings. The first kappa shape index (κ1) is 18.5. The van der Waals surface area contributed by atoms with Crippen LogP contribution in [0.4, 0.5) is 4.39 Å².